The first-order valence-electron chi connectivity index (χ1n) is 9.09. The number of methoxy groups -OCH3 is 1. The Kier molecular flexibility index (Phi) is 7.73. The smallest absolute Gasteiger partial charge is 0.252 e. The molecular formula is C19H24N6O2S2. The molecule has 0 bridgehead atoms. The molecule has 1 amide bonds. The van der Waals surface area contributed by atoms with E-state index in [1.807, 2.05) is 36.8 Å². The monoisotopic (exact) mass is 432 g/mol. The first-order chi connectivity index (χ1) is 14.2. The fourth-order valence-corrected chi connectivity index (χ4v) is 3.75. The zero-order chi connectivity index (χ0) is 20.6. The summed E-state index contributed by atoms with van der Waals surface area (Å²) in [7, 11) is 1.66. The number of carbonyl (C=O) groups excluding carboxylic acids is 1. The van der Waals surface area contributed by atoms with Gasteiger partial charge in [-0.15, -0.1) is 11.8 Å². The topological polar surface area (TPSA) is 94.0 Å². The molecule has 0 atom stereocenters. The first kappa shape index (κ1) is 21.4. The third kappa shape index (κ3) is 5.20. The number of aromatic nitrogens is 4. The van der Waals surface area contributed by atoms with Gasteiger partial charge in [0.15, 0.2) is 10.8 Å². The maximum atomic E-state index is 12.5. The highest BCUT2D eigenvalue weighted by molar-refractivity contribution is 7.98. The quantitative estimate of drug-likeness (QED) is 0.287. The van der Waals surface area contributed by atoms with Crippen molar-refractivity contribution in [3.05, 3.63) is 36.0 Å². The molecule has 1 aromatic carbocycles. The molecule has 2 heterocycles. The predicted molar refractivity (Wildman–Crippen MR) is 118 cm³/mol. The van der Waals surface area contributed by atoms with Gasteiger partial charge < -0.3 is 15.4 Å². The summed E-state index contributed by atoms with van der Waals surface area (Å²) < 4.78 is 6.88. The van der Waals surface area contributed by atoms with Crippen molar-refractivity contribution in [1.29, 1.82) is 0 Å². The molecule has 2 N–H and O–H groups in total. The maximum Gasteiger partial charge on any atom is 0.252 e. The van der Waals surface area contributed by atoms with Crippen molar-refractivity contribution in [1.82, 2.24) is 25.1 Å². The van der Waals surface area contributed by atoms with Gasteiger partial charge in [0.2, 0.25) is 0 Å². The average Bonchev–Trinajstić information content (AvgIpc) is 3.16. The van der Waals surface area contributed by atoms with Crippen molar-refractivity contribution < 1.29 is 9.53 Å². The molecule has 0 saturated heterocycles. The molecule has 10 heteroatoms. The molecule has 0 aliphatic heterocycles. The van der Waals surface area contributed by atoms with E-state index in [-0.39, 0.29) is 5.91 Å². The second-order valence-corrected chi connectivity index (χ2v) is 7.66. The number of carbonyl (C=O) groups is 1. The minimum absolute atomic E-state index is 0.0900. The lowest BCUT2D eigenvalue weighted by Gasteiger charge is -2.10. The predicted octanol–water partition coefficient (Wildman–Crippen LogP) is 2.76. The van der Waals surface area contributed by atoms with Crippen LogP contribution in [0.25, 0.3) is 11.0 Å². The number of hydrogen-bond acceptors (Lipinski definition) is 8. The maximum absolute atomic E-state index is 12.5. The van der Waals surface area contributed by atoms with Gasteiger partial charge in [-0.25, -0.2) is 14.6 Å². The van der Waals surface area contributed by atoms with Crippen LogP contribution in [0.4, 0.5) is 5.82 Å². The Hall–Kier alpha value is -2.30. The molecule has 0 spiro atoms. The van der Waals surface area contributed by atoms with Gasteiger partial charge in [0.1, 0.15) is 5.82 Å². The first-order valence-corrected chi connectivity index (χ1v) is 11.5. The third-order valence-corrected chi connectivity index (χ3v) is 5.56. The largest absolute Gasteiger partial charge is 0.383 e. The Bertz CT molecular complexity index is 978. The van der Waals surface area contributed by atoms with Crippen molar-refractivity contribution in [2.75, 3.05) is 44.6 Å². The van der Waals surface area contributed by atoms with Crippen LogP contribution < -0.4 is 10.6 Å². The van der Waals surface area contributed by atoms with E-state index >= 15 is 0 Å². The number of ether oxygens (including phenoxy) is 1. The summed E-state index contributed by atoms with van der Waals surface area (Å²) in [5.41, 5.74) is 1.42. The van der Waals surface area contributed by atoms with E-state index in [0.29, 0.717) is 37.0 Å². The van der Waals surface area contributed by atoms with Crippen molar-refractivity contribution in [3.63, 3.8) is 0 Å². The minimum Gasteiger partial charge on any atom is -0.383 e. The van der Waals surface area contributed by atoms with Gasteiger partial charge in [-0.3, -0.25) is 4.79 Å². The summed E-state index contributed by atoms with van der Waals surface area (Å²) in [5.74, 6) is 0.647. The second-order valence-electron chi connectivity index (χ2n) is 6.04. The van der Waals surface area contributed by atoms with Crippen LogP contribution in [0.5, 0.6) is 0 Å². The number of thioether (sulfide) groups is 2. The van der Waals surface area contributed by atoms with Crippen LogP contribution in [-0.2, 0) is 11.3 Å². The molecule has 0 radical (unpaired) electrons. The number of amides is 1. The molecule has 0 unspecified atom stereocenters. The molecule has 3 rings (SSSR count). The molecule has 8 nitrogen and oxygen atoms in total. The van der Waals surface area contributed by atoms with E-state index in [4.69, 9.17) is 4.74 Å². The van der Waals surface area contributed by atoms with E-state index in [2.05, 4.69) is 25.7 Å². The summed E-state index contributed by atoms with van der Waals surface area (Å²) >= 11 is 3.03. The van der Waals surface area contributed by atoms with E-state index in [9.17, 15) is 4.79 Å². The lowest BCUT2D eigenvalue weighted by atomic mass is 10.2. The van der Waals surface area contributed by atoms with Gasteiger partial charge in [0, 0.05) is 25.1 Å². The number of benzene rings is 1. The lowest BCUT2D eigenvalue weighted by molar-refractivity contribution is 0.0949. The Balaban J connectivity index is 1.71. The molecule has 0 aliphatic carbocycles. The SMILES string of the molecule is COCCNc1nc(SC)nc2c1cnn2CCNC(=O)c1ccccc1SC. The van der Waals surface area contributed by atoms with Crippen molar-refractivity contribution in [2.24, 2.45) is 0 Å². The van der Waals surface area contributed by atoms with Gasteiger partial charge in [-0.1, -0.05) is 23.9 Å². The van der Waals surface area contributed by atoms with Crippen LogP contribution in [0, 0.1) is 0 Å². The molecule has 0 fully saturated rings. The molecule has 29 heavy (non-hydrogen) atoms. The van der Waals surface area contributed by atoms with Crippen LogP contribution in [0.1, 0.15) is 10.4 Å². The van der Waals surface area contributed by atoms with Gasteiger partial charge >= 0.3 is 0 Å². The van der Waals surface area contributed by atoms with E-state index < -0.39 is 0 Å². The molecule has 0 saturated carbocycles. The number of anilines is 1. The van der Waals surface area contributed by atoms with Gasteiger partial charge in [0.05, 0.1) is 30.3 Å². The van der Waals surface area contributed by atoms with Gasteiger partial charge in [-0.05, 0) is 24.6 Å². The van der Waals surface area contributed by atoms with Gasteiger partial charge in [-0.2, -0.15) is 5.10 Å². The summed E-state index contributed by atoms with van der Waals surface area (Å²) in [5, 5.41) is 12.2. The number of fused-ring (bicyclic) bond motifs is 1. The molecule has 2 aromatic heterocycles. The summed E-state index contributed by atoms with van der Waals surface area (Å²) in [6.45, 7) is 2.19. The number of hydrogen-bond donors (Lipinski definition) is 2. The Morgan fingerprint density at radius 3 is 2.76 bits per heavy atom. The summed E-state index contributed by atoms with van der Waals surface area (Å²) in [4.78, 5) is 22.6. The van der Waals surface area contributed by atoms with Crippen LogP contribution in [0.15, 0.2) is 40.5 Å². The fourth-order valence-electron chi connectivity index (χ4n) is 2.80. The van der Waals surface area contributed by atoms with Crippen LogP contribution >= 0.6 is 23.5 Å². The third-order valence-electron chi connectivity index (χ3n) is 4.22. The molecule has 154 valence electrons. The van der Waals surface area contributed by atoms with Crippen LogP contribution in [-0.4, -0.2) is 65.0 Å². The van der Waals surface area contributed by atoms with Crippen molar-refractivity contribution in [2.45, 2.75) is 16.6 Å². The number of nitrogens with zero attached hydrogens (tertiary/aromatic N) is 4. The van der Waals surface area contributed by atoms with E-state index in [0.717, 1.165) is 21.7 Å². The highest BCUT2D eigenvalue weighted by Gasteiger charge is 2.14. The van der Waals surface area contributed by atoms with E-state index in [1.165, 1.54) is 11.8 Å². The van der Waals surface area contributed by atoms with Gasteiger partial charge in [0.25, 0.3) is 5.91 Å². The Morgan fingerprint density at radius 1 is 1.17 bits per heavy atom. The van der Waals surface area contributed by atoms with Crippen LogP contribution in [0.2, 0.25) is 0 Å². The normalized spacial score (nSPS) is 11.0. The highest BCUT2D eigenvalue weighted by Crippen LogP contribution is 2.23. The Morgan fingerprint density at radius 2 is 2.00 bits per heavy atom. The molecular weight excluding hydrogens is 408 g/mol. The van der Waals surface area contributed by atoms with Crippen molar-refractivity contribution in [3.8, 4) is 0 Å². The summed E-state index contributed by atoms with van der Waals surface area (Å²) in [6.07, 6.45) is 5.65. The van der Waals surface area contributed by atoms with E-state index in [1.54, 1.807) is 29.8 Å². The molecule has 3 aromatic rings. The standard InChI is InChI=1S/C19H24N6O2S2/c1-27-11-9-20-16-14-12-22-25(17(14)24-19(23-16)29-3)10-8-21-18(26)13-6-4-5-7-15(13)28-2/h4-7,12H,8-11H2,1-3H3,(H,21,26)(H,20,23,24). The minimum atomic E-state index is -0.0900. The Labute approximate surface area is 178 Å². The highest BCUT2D eigenvalue weighted by atomic mass is 32.2. The zero-order valence-electron chi connectivity index (χ0n) is 16.6. The average molecular weight is 433 g/mol. The number of nitrogens with one attached hydrogen (secondary N) is 2. The second kappa shape index (κ2) is 10.5. The molecule has 0 aliphatic rings. The van der Waals surface area contributed by atoms with Crippen LogP contribution in [0.3, 0.4) is 0 Å². The summed E-state index contributed by atoms with van der Waals surface area (Å²) in [6, 6.07) is 7.58. The lowest BCUT2D eigenvalue weighted by Crippen LogP contribution is -2.28. The van der Waals surface area contributed by atoms with Crippen molar-refractivity contribution >= 4 is 46.3 Å². The fraction of sp³-hybridized carbons (Fsp3) is 0.368. The number of rotatable bonds is 10. The zero-order valence-corrected chi connectivity index (χ0v) is 18.3.